The molecule has 2 nitrogen and oxygen atoms in total. The fourth-order valence-electron chi connectivity index (χ4n) is 3.43. The second-order valence-corrected chi connectivity index (χ2v) is 6.14. The van der Waals surface area contributed by atoms with Crippen LogP contribution in [0.2, 0.25) is 0 Å². The molecule has 2 rings (SSSR count). The van der Waals surface area contributed by atoms with Gasteiger partial charge in [-0.25, -0.2) is 0 Å². The van der Waals surface area contributed by atoms with Gasteiger partial charge < -0.3 is 10.4 Å². The van der Waals surface area contributed by atoms with E-state index in [1.165, 1.54) is 44.9 Å². The molecule has 0 radical (unpaired) electrons. The Labute approximate surface area is 99.8 Å². The number of hydrogen-bond acceptors (Lipinski definition) is 2. The highest BCUT2D eigenvalue weighted by atomic mass is 16.3. The van der Waals surface area contributed by atoms with E-state index in [-0.39, 0.29) is 0 Å². The SMILES string of the molecule is CC1CCCC(O)(CNC2CCCCC2)C1. The zero-order valence-electron chi connectivity index (χ0n) is 10.7. The minimum absolute atomic E-state index is 0.408. The van der Waals surface area contributed by atoms with Crippen molar-refractivity contribution in [2.75, 3.05) is 6.54 Å². The maximum Gasteiger partial charge on any atom is 0.0774 e. The van der Waals surface area contributed by atoms with E-state index in [1.807, 2.05) is 0 Å². The van der Waals surface area contributed by atoms with E-state index >= 15 is 0 Å². The predicted octanol–water partition coefficient (Wildman–Crippen LogP) is 2.85. The van der Waals surface area contributed by atoms with Gasteiger partial charge in [-0.1, -0.05) is 39.0 Å². The van der Waals surface area contributed by atoms with Crippen LogP contribution >= 0.6 is 0 Å². The lowest BCUT2D eigenvalue weighted by molar-refractivity contribution is -0.0145. The molecule has 2 N–H and O–H groups in total. The summed E-state index contributed by atoms with van der Waals surface area (Å²) in [6, 6.07) is 0.676. The maximum atomic E-state index is 10.5. The summed E-state index contributed by atoms with van der Waals surface area (Å²) in [6.45, 7) is 3.09. The molecule has 2 aliphatic rings. The highest BCUT2D eigenvalue weighted by Gasteiger charge is 2.32. The first-order chi connectivity index (χ1) is 7.68. The van der Waals surface area contributed by atoms with Crippen molar-refractivity contribution in [2.45, 2.75) is 76.4 Å². The monoisotopic (exact) mass is 225 g/mol. The molecule has 0 aromatic carbocycles. The van der Waals surface area contributed by atoms with Crippen molar-refractivity contribution < 1.29 is 5.11 Å². The van der Waals surface area contributed by atoms with Crippen molar-refractivity contribution in [3.63, 3.8) is 0 Å². The normalized spacial score (nSPS) is 37.5. The molecule has 2 atom stereocenters. The predicted molar refractivity (Wildman–Crippen MR) is 67.5 cm³/mol. The van der Waals surface area contributed by atoms with E-state index in [2.05, 4.69) is 12.2 Å². The van der Waals surface area contributed by atoms with Gasteiger partial charge in [-0.05, 0) is 31.6 Å². The number of nitrogens with one attached hydrogen (secondary N) is 1. The van der Waals surface area contributed by atoms with Crippen molar-refractivity contribution in [1.29, 1.82) is 0 Å². The highest BCUT2D eigenvalue weighted by molar-refractivity contribution is 4.88. The summed E-state index contributed by atoms with van der Waals surface area (Å²) in [6.07, 6.45) is 11.2. The molecule has 0 saturated heterocycles. The summed E-state index contributed by atoms with van der Waals surface area (Å²) < 4.78 is 0. The molecule has 0 heterocycles. The average molecular weight is 225 g/mol. The Morgan fingerprint density at radius 1 is 1.12 bits per heavy atom. The van der Waals surface area contributed by atoms with Gasteiger partial charge in [0, 0.05) is 12.6 Å². The van der Waals surface area contributed by atoms with Crippen molar-refractivity contribution in [1.82, 2.24) is 5.32 Å². The number of rotatable bonds is 3. The third kappa shape index (κ3) is 3.46. The van der Waals surface area contributed by atoms with Crippen molar-refractivity contribution in [3.05, 3.63) is 0 Å². The summed E-state index contributed by atoms with van der Waals surface area (Å²) in [5.74, 6) is 0.701. The lowest BCUT2D eigenvalue weighted by Crippen LogP contribution is -2.47. The summed E-state index contributed by atoms with van der Waals surface area (Å²) in [5, 5.41) is 14.1. The van der Waals surface area contributed by atoms with Gasteiger partial charge in [0.1, 0.15) is 0 Å². The Bertz CT molecular complexity index is 213. The summed E-state index contributed by atoms with van der Waals surface area (Å²) in [7, 11) is 0. The molecule has 2 heteroatoms. The topological polar surface area (TPSA) is 32.3 Å². The fraction of sp³-hybridized carbons (Fsp3) is 1.00. The van der Waals surface area contributed by atoms with Crippen LogP contribution in [0.4, 0.5) is 0 Å². The first-order valence-corrected chi connectivity index (χ1v) is 7.14. The lowest BCUT2D eigenvalue weighted by atomic mass is 9.78. The lowest BCUT2D eigenvalue weighted by Gasteiger charge is -2.37. The van der Waals surface area contributed by atoms with E-state index in [0.29, 0.717) is 12.0 Å². The molecule has 0 aliphatic heterocycles. The average Bonchev–Trinajstić information content (AvgIpc) is 2.28. The molecule has 2 unspecified atom stereocenters. The van der Waals surface area contributed by atoms with Crippen LogP contribution in [-0.2, 0) is 0 Å². The second-order valence-electron chi connectivity index (χ2n) is 6.14. The minimum Gasteiger partial charge on any atom is -0.389 e. The third-order valence-electron chi connectivity index (χ3n) is 4.39. The molecule has 0 amide bonds. The van der Waals surface area contributed by atoms with Crippen LogP contribution in [0.5, 0.6) is 0 Å². The zero-order chi connectivity index (χ0) is 11.4. The second kappa shape index (κ2) is 5.50. The number of aliphatic hydroxyl groups is 1. The molecular formula is C14H27NO. The molecule has 0 spiro atoms. The van der Waals surface area contributed by atoms with Gasteiger partial charge >= 0.3 is 0 Å². The smallest absolute Gasteiger partial charge is 0.0774 e. The summed E-state index contributed by atoms with van der Waals surface area (Å²) >= 11 is 0. The molecule has 2 saturated carbocycles. The third-order valence-corrected chi connectivity index (χ3v) is 4.39. The van der Waals surface area contributed by atoms with E-state index in [0.717, 1.165) is 19.4 Å². The van der Waals surface area contributed by atoms with Crippen LogP contribution in [0.1, 0.15) is 64.7 Å². The minimum atomic E-state index is -0.408. The molecular weight excluding hydrogens is 198 g/mol. The molecule has 0 aromatic rings. The number of hydrogen-bond donors (Lipinski definition) is 2. The van der Waals surface area contributed by atoms with Crippen molar-refractivity contribution >= 4 is 0 Å². The molecule has 2 fully saturated rings. The Hall–Kier alpha value is -0.0800. The van der Waals surface area contributed by atoms with Crippen molar-refractivity contribution in [3.8, 4) is 0 Å². The maximum absolute atomic E-state index is 10.5. The van der Waals surface area contributed by atoms with Crippen LogP contribution in [0.25, 0.3) is 0 Å². The molecule has 2 aliphatic carbocycles. The largest absolute Gasteiger partial charge is 0.389 e. The molecule has 94 valence electrons. The van der Waals surface area contributed by atoms with Gasteiger partial charge in [-0.3, -0.25) is 0 Å². The van der Waals surface area contributed by atoms with Crippen molar-refractivity contribution in [2.24, 2.45) is 5.92 Å². The summed E-state index contributed by atoms with van der Waals surface area (Å²) in [4.78, 5) is 0. The van der Waals surface area contributed by atoms with E-state index < -0.39 is 5.60 Å². The Balaban J connectivity index is 1.74. The Morgan fingerprint density at radius 2 is 1.88 bits per heavy atom. The van der Waals surface area contributed by atoms with Gasteiger partial charge in [0.15, 0.2) is 0 Å². The van der Waals surface area contributed by atoms with E-state index in [1.54, 1.807) is 0 Å². The van der Waals surface area contributed by atoms with E-state index in [9.17, 15) is 5.11 Å². The summed E-state index contributed by atoms with van der Waals surface area (Å²) in [5.41, 5.74) is -0.408. The highest BCUT2D eigenvalue weighted by Crippen LogP contribution is 2.32. The van der Waals surface area contributed by atoms with Gasteiger partial charge in [-0.15, -0.1) is 0 Å². The van der Waals surface area contributed by atoms with Crippen LogP contribution in [-0.4, -0.2) is 23.3 Å². The molecule has 16 heavy (non-hydrogen) atoms. The van der Waals surface area contributed by atoms with Crippen LogP contribution in [0, 0.1) is 5.92 Å². The Morgan fingerprint density at radius 3 is 2.56 bits per heavy atom. The first-order valence-electron chi connectivity index (χ1n) is 7.14. The zero-order valence-corrected chi connectivity index (χ0v) is 10.7. The van der Waals surface area contributed by atoms with Crippen LogP contribution < -0.4 is 5.32 Å². The fourth-order valence-corrected chi connectivity index (χ4v) is 3.43. The van der Waals surface area contributed by atoms with Crippen LogP contribution in [0.3, 0.4) is 0 Å². The van der Waals surface area contributed by atoms with Gasteiger partial charge in [0.2, 0.25) is 0 Å². The van der Waals surface area contributed by atoms with Gasteiger partial charge in [0.05, 0.1) is 5.60 Å². The van der Waals surface area contributed by atoms with Crippen LogP contribution in [0.15, 0.2) is 0 Å². The first kappa shape index (κ1) is 12.4. The van der Waals surface area contributed by atoms with Gasteiger partial charge in [-0.2, -0.15) is 0 Å². The molecule has 0 bridgehead atoms. The molecule has 0 aromatic heterocycles. The Kier molecular flexibility index (Phi) is 4.26. The van der Waals surface area contributed by atoms with Gasteiger partial charge in [0.25, 0.3) is 0 Å². The van der Waals surface area contributed by atoms with E-state index in [4.69, 9.17) is 0 Å². The quantitative estimate of drug-likeness (QED) is 0.774. The standard InChI is InChI=1S/C14H27NO/c1-12-6-5-9-14(16,10-12)11-15-13-7-3-2-4-8-13/h12-13,15-16H,2-11H2,1H3.